The van der Waals surface area contributed by atoms with E-state index in [1.165, 1.54) is 11.1 Å². The Morgan fingerprint density at radius 3 is 2.15 bits per heavy atom. The van der Waals surface area contributed by atoms with Gasteiger partial charge in [-0.05, 0) is 36.8 Å². The van der Waals surface area contributed by atoms with Crippen molar-refractivity contribution in [1.82, 2.24) is 0 Å². The highest BCUT2D eigenvalue weighted by molar-refractivity contribution is 5.21. The van der Waals surface area contributed by atoms with E-state index in [1.807, 2.05) is 6.07 Å². The molecule has 0 unspecified atom stereocenters. The van der Waals surface area contributed by atoms with Gasteiger partial charge in [-0.1, -0.05) is 72.8 Å². The van der Waals surface area contributed by atoms with Crippen LogP contribution in [0.15, 0.2) is 72.8 Å². The van der Waals surface area contributed by atoms with E-state index in [9.17, 15) is 0 Å². The van der Waals surface area contributed by atoms with Crippen LogP contribution in [0.1, 0.15) is 30.5 Å². The van der Waals surface area contributed by atoms with Crippen molar-refractivity contribution in [3.63, 3.8) is 0 Å². The number of rotatable bonds is 6. The molecule has 2 aromatic rings. The van der Waals surface area contributed by atoms with Gasteiger partial charge in [0.1, 0.15) is 0 Å². The normalized spacial score (nSPS) is 14.3. The van der Waals surface area contributed by atoms with Gasteiger partial charge in [-0.15, -0.1) is 0 Å². The highest BCUT2D eigenvalue weighted by Gasteiger charge is 2.16. The molecular weight excluding hydrogens is 242 g/mol. The highest BCUT2D eigenvalue weighted by Crippen LogP contribution is 2.25. The quantitative estimate of drug-likeness (QED) is 0.764. The van der Waals surface area contributed by atoms with Crippen LogP contribution in [0.25, 0.3) is 0 Å². The number of benzene rings is 2. The van der Waals surface area contributed by atoms with Gasteiger partial charge in [-0.2, -0.15) is 0 Å². The van der Waals surface area contributed by atoms with E-state index < -0.39 is 0 Å². The van der Waals surface area contributed by atoms with Crippen molar-refractivity contribution in [2.75, 3.05) is 0 Å². The molecule has 1 nitrogen and oxygen atoms in total. The summed E-state index contributed by atoms with van der Waals surface area (Å²) in [7, 11) is 0. The first-order valence-electron chi connectivity index (χ1n) is 7.28. The number of nitrogens with two attached hydrogens (primary N) is 1. The number of hydrogen-bond acceptors (Lipinski definition) is 1. The lowest BCUT2D eigenvalue weighted by Gasteiger charge is -2.21. The Kier molecular flexibility index (Phi) is 5.57. The number of hydrogen-bond donors (Lipinski definition) is 1. The largest absolute Gasteiger partial charge is 0.323 e. The lowest BCUT2D eigenvalue weighted by atomic mass is 9.88. The van der Waals surface area contributed by atoms with Crippen LogP contribution in [0.4, 0.5) is 0 Å². The van der Waals surface area contributed by atoms with Gasteiger partial charge in [0, 0.05) is 6.04 Å². The van der Waals surface area contributed by atoms with Crippen LogP contribution in [0.5, 0.6) is 0 Å². The topological polar surface area (TPSA) is 26.0 Å². The molecule has 2 rings (SSSR count). The lowest BCUT2D eigenvalue weighted by Crippen LogP contribution is -2.20. The molecule has 0 fully saturated rings. The van der Waals surface area contributed by atoms with Gasteiger partial charge in [0.15, 0.2) is 0 Å². The Balaban J connectivity index is 2.03. The molecule has 0 bridgehead atoms. The maximum Gasteiger partial charge on any atom is 0.0358 e. The predicted molar refractivity (Wildman–Crippen MR) is 86.4 cm³/mol. The summed E-state index contributed by atoms with van der Waals surface area (Å²) < 4.78 is 0. The molecule has 0 aliphatic rings. The molecule has 0 saturated heterocycles. The van der Waals surface area contributed by atoms with Gasteiger partial charge in [0.05, 0.1) is 0 Å². The molecule has 2 atom stereocenters. The third-order valence-corrected chi connectivity index (χ3v) is 3.69. The fraction of sp³-hybridized carbons (Fsp3) is 0.263. The average Bonchev–Trinajstić information content (AvgIpc) is 2.52. The molecule has 0 aliphatic carbocycles. The van der Waals surface area contributed by atoms with Crippen molar-refractivity contribution in [3.05, 3.63) is 83.9 Å². The van der Waals surface area contributed by atoms with Crippen LogP contribution in [-0.4, -0.2) is 0 Å². The van der Waals surface area contributed by atoms with E-state index in [2.05, 4.69) is 73.7 Å². The van der Waals surface area contributed by atoms with Crippen LogP contribution >= 0.6 is 0 Å². The fourth-order valence-corrected chi connectivity index (χ4v) is 2.54. The van der Waals surface area contributed by atoms with Crippen molar-refractivity contribution < 1.29 is 0 Å². The molecule has 2 aromatic carbocycles. The van der Waals surface area contributed by atoms with Gasteiger partial charge in [0.25, 0.3) is 0 Å². The maximum atomic E-state index is 6.44. The third kappa shape index (κ3) is 4.07. The van der Waals surface area contributed by atoms with Gasteiger partial charge in [0.2, 0.25) is 0 Å². The van der Waals surface area contributed by atoms with Gasteiger partial charge < -0.3 is 5.73 Å². The summed E-state index contributed by atoms with van der Waals surface area (Å²) in [5, 5.41) is 0. The molecule has 0 saturated carbocycles. The standard InChI is InChI=1S/C19H23N/c1-2-9-17(15-14-16-10-5-3-6-11-16)19(20)18-12-7-4-8-13-18/h2-13,17,19H,14-15,20H2,1H3/b9-2+/t17-,19+/m1/s1. The smallest absolute Gasteiger partial charge is 0.0358 e. The first kappa shape index (κ1) is 14.5. The first-order valence-corrected chi connectivity index (χ1v) is 7.28. The van der Waals surface area contributed by atoms with Crippen molar-refractivity contribution in [2.45, 2.75) is 25.8 Å². The van der Waals surface area contributed by atoms with Gasteiger partial charge >= 0.3 is 0 Å². The third-order valence-electron chi connectivity index (χ3n) is 3.69. The summed E-state index contributed by atoms with van der Waals surface area (Å²) in [5.41, 5.74) is 9.03. The Hall–Kier alpha value is -1.86. The number of allylic oxidation sites excluding steroid dienone is 1. The SMILES string of the molecule is C/C=C/[C@H](CCc1ccccc1)[C@H](N)c1ccccc1. The minimum atomic E-state index is 0.0658. The van der Waals surface area contributed by atoms with Crippen molar-refractivity contribution in [1.29, 1.82) is 0 Å². The van der Waals surface area contributed by atoms with Gasteiger partial charge in [-0.3, -0.25) is 0 Å². The minimum Gasteiger partial charge on any atom is -0.323 e. The van der Waals surface area contributed by atoms with Crippen LogP contribution in [-0.2, 0) is 6.42 Å². The maximum absolute atomic E-state index is 6.44. The summed E-state index contributed by atoms with van der Waals surface area (Å²) in [6, 6.07) is 21.0. The van der Waals surface area contributed by atoms with E-state index in [4.69, 9.17) is 5.73 Å². The second-order valence-electron chi connectivity index (χ2n) is 5.15. The number of aryl methyl sites for hydroxylation is 1. The van der Waals surface area contributed by atoms with Crippen LogP contribution in [0.3, 0.4) is 0 Å². The molecule has 0 aliphatic heterocycles. The van der Waals surface area contributed by atoms with E-state index >= 15 is 0 Å². The Morgan fingerprint density at radius 1 is 0.950 bits per heavy atom. The predicted octanol–water partition coefficient (Wildman–Crippen LogP) is 4.51. The van der Waals surface area contributed by atoms with Crippen molar-refractivity contribution in [3.8, 4) is 0 Å². The van der Waals surface area contributed by atoms with E-state index in [1.54, 1.807) is 0 Å². The molecule has 1 heteroatoms. The highest BCUT2D eigenvalue weighted by atomic mass is 14.6. The zero-order valence-corrected chi connectivity index (χ0v) is 12.1. The van der Waals surface area contributed by atoms with Gasteiger partial charge in [-0.25, -0.2) is 0 Å². The van der Waals surface area contributed by atoms with E-state index in [0.29, 0.717) is 5.92 Å². The Bertz CT molecular complexity index is 516. The van der Waals surface area contributed by atoms with Crippen molar-refractivity contribution in [2.24, 2.45) is 11.7 Å². The van der Waals surface area contributed by atoms with Crippen LogP contribution in [0.2, 0.25) is 0 Å². The van der Waals surface area contributed by atoms with E-state index in [-0.39, 0.29) is 6.04 Å². The second-order valence-corrected chi connectivity index (χ2v) is 5.15. The van der Waals surface area contributed by atoms with Crippen molar-refractivity contribution >= 4 is 0 Å². The Morgan fingerprint density at radius 2 is 1.55 bits per heavy atom. The molecule has 0 amide bonds. The molecular formula is C19H23N. The summed E-state index contributed by atoms with van der Waals surface area (Å²) in [5.74, 6) is 0.377. The fourth-order valence-electron chi connectivity index (χ4n) is 2.54. The molecule has 0 aromatic heterocycles. The monoisotopic (exact) mass is 265 g/mol. The van der Waals surface area contributed by atoms with Crippen LogP contribution in [0, 0.1) is 5.92 Å². The summed E-state index contributed by atoms with van der Waals surface area (Å²) >= 11 is 0. The zero-order chi connectivity index (χ0) is 14.2. The summed E-state index contributed by atoms with van der Waals surface area (Å²) in [4.78, 5) is 0. The summed E-state index contributed by atoms with van der Waals surface area (Å²) in [6.07, 6.45) is 6.49. The molecule has 0 radical (unpaired) electrons. The molecule has 20 heavy (non-hydrogen) atoms. The molecule has 104 valence electrons. The van der Waals surface area contributed by atoms with Crippen LogP contribution < -0.4 is 5.73 Å². The first-order chi connectivity index (χ1) is 9.81. The Labute approximate surface area is 122 Å². The summed E-state index contributed by atoms with van der Waals surface area (Å²) in [6.45, 7) is 2.06. The average molecular weight is 265 g/mol. The van der Waals surface area contributed by atoms with E-state index in [0.717, 1.165) is 12.8 Å². The lowest BCUT2D eigenvalue weighted by molar-refractivity contribution is 0.485. The molecule has 2 N–H and O–H groups in total. The second kappa shape index (κ2) is 7.66. The minimum absolute atomic E-state index is 0.0658. The molecule has 0 spiro atoms. The molecule has 0 heterocycles. The zero-order valence-electron chi connectivity index (χ0n) is 12.1.